The molecule has 0 aromatic carbocycles. The summed E-state index contributed by atoms with van der Waals surface area (Å²) in [5, 5.41) is 0. The Morgan fingerprint density at radius 1 is 1.40 bits per heavy atom. The molecule has 3 fully saturated rings. The first kappa shape index (κ1) is 12.2. The third-order valence-electron chi connectivity index (χ3n) is 5.71. The van der Waals surface area contributed by atoms with Crippen molar-refractivity contribution in [3.63, 3.8) is 0 Å². The number of hydrogen-bond donors (Lipinski definition) is 1. The SMILES string of the molecule is CCc1nc(C(=O)OC)c(N)n1C1C2C3CCC(C3)C21. The number of carbonyl (C=O) groups excluding carboxylic acids is 1. The van der Waals surface area contributed by atoms with Crippen molar-refractivity contribution in [3.8, 4) is 0 Å². The molecule has 3 saturated carbocycles. The Bertz CT molecular complexity index is 564. The van der Waals surface area contributed by atoms with Crippen molar-refractivity contribution in [3.05, 3.63) is 11.5 Å². The van der Waals surface area contributed by atoms with Gasteiger partial charge in [-0.1, -0.05) is 6.92 Å². The van der Waals surface area contributed by atoms with Crippen LogP contribution in [0.15, 0.2) is 0 Å². The van der Waals surface area contributed by atoms with E-state index in [2.05, 4.69) is 16.5 Å². The first-order chi connectivity index (χ1) is 9.67. The Morgan fingerprint density at radius 2 is 2.05 bits per heavy atom. The number of esters is 1. The summed E-state index contributed by atoms with van der Waals surface area (Å²) in [4.78, 5) is 16.2. The molecule has 1 aromatic rings. The summed E-state index contributed by atoms with van der Waals surface area (Å²) in [7, 11) is 1.37. The van der Waals surface area contributed by atoms with E-state index in [0.717, 1.165) is 35.9 Å². The normalized spacial score (nSPS) is 37.0. The average Bonchev–Trinajstić information content (AvgIpc) is 2.80. The predicted molar refractivity (Wildman–Crippen MR) is 74.2 cm³/mol. The fraction of sp³-hybridized carbons (Fsp3) is 0.733. The number of methoxy groups -OCH3 is 1. The lowest BCUT2D eigenvalue weighted by atomic mass is 10.0. The van der Waals surface area contributed by atoms with Crippen LogP contribution in [0.4, 0.5) is 5.82 Å². The van der Waals surface area contributed by atoms with Crippen LogP contribution in [0.25, 0.3) is 0 Å². The lowest BCUT2D eigenvalue weighted by Crippen LogP contribution is -2.12. The number of aryl methyl sites for hydroxylation is 1. The van der Waals surface area contributed by atoms with E-state index in [1.807, 2.05) is 0 Å². The highest BCUT2D eigenvalue weighted by Crippen LogP contribution is 2.72. The molecule has 2 bridgehead atoms. The highest BCUT2D eigenvalue weighted by molar-refractivity contribution is 5.92. The van der Waals surface area contributed by atoms with Crippen LogP contribution in [0.3, 0.4) is 0 Å². The van der Waals surface area contributed by atoms with Crippen molar-refractivity contribution in [2.45, 2.75) is 38.6 Å². The number of nitrogens with zero attached hydrogens (tertiary/aromatic N) is 2. The molecule has 0 amide bonds. The van der Waals surface area contributed by atoms with Crippen molar-refractivity contribution in [1.29, 1.82) is 0 Å². The molecule has 4 rings (SSSR count). The van der Waals surface area contributed by atoms with Gasteiger partial charge in [0.15, 0.2) is 5.69 Å². The number of imidazole rings is 1. The fourth-order valence-corrected chi connectivity index (χ4v) is 4.95. The van der Waals surface area contributed by atoms with E-state index < -0.39 is 5.97 Å². The van der Waals surface area contributed by atoms with E-state index in [-0.39, 0.29) is 0 Å². The predicted octanol–water partition coefficient (Wildman–Crippen LogP) is 2.03. The fourth-order valence-electron chi connectivity index (χ4n) is 4.95. The van der Waals surface area contributed by atoms with Crippen LogP contribution < -0.4 is 5.73 Å². The molecular formula is C15H21N3O2. The van der Waals surface area contributed by atoms with Crippen LogP contribution in [0.1, 0.15) is 48.5 Å². The largest absolute Gasteiger partial charge is 0.464 e. The first-order valence-corrected chi connectivity index (χ1v) is 7.62. The van der Waals surface area contributed by atoms with Gasteiger partial charge in [0.2, 0.25) is 0 Å². The number of aromatic nitrogens is 2. The average molecular weight is 275 g/mol. The van der Waals surface area contributed by atoms with Crippen LogP contribution in [-0.2, 0) is 11.2 Å². The molecule has 3 aliphatic carbocycles. The highest BCUT2D eigenvalue weighted by atomic mass is 16.5. The number of ether oxygens (including phenoxy) is 1. The maximum Gasteiger partial charge on any atom is 0.360 e. The first-order valence-electron chi connectivity index (χ1n) is 7.62. The topological polar surface area (TPSA) is 70.1 Å². The Kier molecular flexibility index (Phi) is 2.44. The van der Waals surface area contributed by atoms with Gasteiger partial charge in [-0.2, -0.15) is 0 Å². The molecule has 5 heteroatoms. The molecule has 3 aliphatic rings. The number of carbonyl (C=O) groups is 1. The highest BCUT2D eigenvalue weighted by Gasteiger charge is 2.66. The van der Waals surface area contributed by atoms with Crippen LogP contribution in [0.2, 0.25) is 0 Å². The smallest absolute Gasteiger partial charge is 0.360 e. The zero-order valence-corrected chi connectivity index (χ0v) is 12.0. The number of fused-ring (bicyclic) bond motifs is 5. The molecule has 0 saturated heterocycles. The Morgan fingerprint density at radius 3 is 2.60 bits per heavy atom. The molecule has 108 valence electrons. The summed E-state index contributed by atoms with van der Waals surface area (Å²) >= 11 is 0. The van der Waals surface area contributed by atoms with Crippen molar-refractivity contribution < 1.29 is 9.53 Å². The minimum atomic E-state index is -0.426. The molecule has 0 radical (unpaired) electrons. The standard InChI is InChI=1S/C15H21N3O2/c1-3-9-17-12(15(19)20-2)14(16)18(9)13-10-7-4-5-8(6-7)11(10)13/h7-8,10-11,13H,3-6,16H2,1-2H3. The number of nitrogen functional groups attached to an aromatic ring is 1. The monoisotopic (exact) mass is 275 g/mol. The molecule has 0 spiro atoms. The van der Waals surface area contributed by atoms with E-state index in [9.17, 15) is 4.79 Å². The Hall–Kier alpha value is -1.52. The summed E-state index contributed by atoms with van der Waals surface area (Å²) < 4.78 is 6.93. The molecule has 1 heterocycles. The summed E-state index contributed by atoms with van der Waals surface area (Å²) in [5.41, 5.74) is 6.50. The summed E-state index contributed by atoms with van der Waals surface area (Å²) in [6.07, 6.45) is 4.96. The molecule has 2 N–H and O–H groups in total. The van der Waals surface area contributed by atoms with Gasteiger partial charge in [-0.05, 0) is 42.9 Å². The van der Waals surface area contributed by atoms with Gasteiger partial charge in [0.25, 0.3) is 0 Å². The molecule has 4 unspecified atom stereocenters. The molecule has 0 aliphatic heterocycles. The van der Waals surface area contributed by atoms with Gasteiger partial charge in [-0.15, -0.1) is 0 Å². The number of hydrogen-bond acceptors (Lipinski definition) is 4. The lowest BCUT2D eigenvalue weighted by molar-refractivity contribution is 0.0595. The number of rotatable bonds is 3. The van der Waals surface area contributed by atoms with Gasteiger partial charge in [0.05, 0.1) is 7.11 Å². The summed E-state index contributed by atoms with van der Waals surface area (Å²) in [6, 6.07) is 0.488. The quantitative estimate of drug-likeness (QED) is 0.857. The van der Waals surface area contributed by atoms with E-state index in [4.69, 9.17) is 10.5 Å². The van der Waals surface area contributed by atoms with E-state index in [1.54, 1.807) is 0 Å². The number of nitrogens with two attached hydrogens (primary N) is 1. The van der Waals surface area contributed by atoms with Crippen molar-refractivity contribution in [2.24, 2.45) is 23.7 Å². The van der Waals surface area contributed by atoms with E-state index >= 15 is 0 Å². The van der Waals surface area contributed by atoms with Crippen molar-refractivity contribution in [1.82, 2.24) is 9.55 Å². The van der Waals surface area contributed by atoms with Gasteiger partial charge >= 0.3 is 5.97 Å². The summed E-state index contributed by atoms with van der Waals surface area (Å²) in [6.45, 7) is 2.06. The molecule has 5 nitrogen and oxygen atoms in total. The van der Waals surface area contributed by atoms with Gasteiger partial charge < -0.3 is 15.0 Å². The van der Waals surface area contributed by atoms with Crippen LogP contribution in [0.5, 0.6) is 0 Å². The van der Waals surface area contributed by atoms with Gasteiger partial charge in [-0.25, -0.2) is 9.78 Å². The van der Waals surface area contributed by atoms with Crippen molar-refractivity contribution in [2.75, 3.05) is 12.8 Å². The van der Waals surface area contributed by atoms with Gasteiger partial charge in [-0.3, -0.25) is 0 Å². The lowest BCUT2D eigenvalue weighted by Gasteiger charge is -2.14. The third-order valence-corrected chi connectivity index (χ3v) is 5.71. The minimum absolute atomic E-state index is 0.293. The maximum atomic E-state index is 11.8. The van der Waals surface area contributed by atoms with Gasteiger partial charge in [0.1, 0.15) is 11.6 Å². The van der Waals surface area contributed by atoms with Crippen molar-refractivity contribution >= 4 is 11.8 Å². The zero-order chi connectivity index (χ0) is 14.0. The Balaban J connectivity index is 1.72. The van der Waals surface area contributed by atoms with Crippen LogP contribution >= 0.6 is 0 Å². The second-order valence-electron chi connectivity index (χ2n) is 6.46. The second-order valence-corrected chi connectivity index (χ2v) is 6.46. The maximum absolute atomic E-state index is 11.8. The Labute approximate surface area is 118 Å². The second kappa shape index (κ2) is 3.99. The zero-order valence-electron chi connectivity index (χ0n) is 12.0. The molecule has 4 atom stereocenters. The van der Waals surface area contributed by atoms with E-state index in [0.29, 0.717) is 17.6 Å². The number of anilines is 1. The summed E-state index contributed by atoms with van der Waals surface area (Å²) in [5.74, 6) is 4.33. The molecular weight excluding hydrogens is 254 g/mol. The third kappa shape index (κ3) is 1.38. The van der Waals surface area contributed by atoms with Crippen LogP contribution in [0, 0.1) is 23.7 Å². The molecule has 1 aromatic heterocycles. The van der Waals surface area contributed by atoms with Crippen LogP contribution in [-0.4, -0.2) is 22.6 Å². The van der Waals surface area contributed by atoms with Gasteiger partial charge in [0, 0.05) is 12.5 Å². The van der Waals surface area contributed by atoms with E-state index in [1.165, 1.54) is 26.4 Å². The minimum Gasteiger partial charge on any atom is -0.464 e. The molecule has 20 heavy (non-hydrogen) atoms.